The van der Waals surface area contributed by atoms with Crippen molar-refractivity contribution in [2.45, 2.75) is 77.9 Å². The molecular formula is C23H37ClN2O3. The molecule has 2 heterocycles. The number of rotatable bonds is 9. The summed E-state index contributed by atoms with van der Waals surface area (Å²) < 4.78 is 11.4. The zero-order valence-corrected chi connectivity index (χ0v) is 19.0. The summed E-state index contributed by atoms with van der Waals surface area (Å²) in [4.78, 5) is 12.8. The number of carbonyl (C=O) groups is 1. The van der Waals surface area contributed by atoms with Crippen LogP contribution in [-0.2, 0) is 4.79 Å². The molecule has 3 atom stereocenters. The van der Waals surface area contributed by atoms with Crippen molar-refractivity contribution in [3.05, 3.63) is 23.8 Å². The van der Waals surface area contributed by atoms with E-state index in [-0.39, 0.29) is 24.4 Å². The van der Waals surface area contributed by atoms with E-state index in [1.165, 1.54) is 12.8 Å². The first-order valence-corrected chi connectivity index (χ1v) is 10.9. The lowest BCUT2D eigenvalue weighted by Crippen LogP contribution is -2.40. The molecule has 2 saturated heterocycles. The second-order valence-electron chi connectivity index (χ2n) is 8.54. The summed E-state index contributed by atoms with van der Waals surface area (Å²) in [6.07, 6.45) is 5.43. The van der Waals surface area contributed by atoms with E-state index < -0.39 is 0 Å². The molecule has 1 aromatic rings. The standard InChI is InChI=1S/C23H36N2O3.ClH/c1-5-27-20-10-7-17(14-21(20)28-6-2)23(15(3)4)25-22(26)13-16-11-18-8-9-19(12-16)24-18;/h7,10,14-16,18-19,23-24H,5-6,8-9,11-13H2,1-4H3,(H,25,26);1H. The van der Waals surface area contributed by atoms with Gasteiger partial charge in [-0.05, 0) is 69.1 Å². The van der Waals surface area contributed by atoms with Crippen LogP contribution in [0.1, 0.15) is 71.4 Å². The van der Waals surface area contributed by atoms with E-state index in [1.54, 1.807) is 0 Å². The van der Waals surface area contributed by atoms with Crippen LogP contribution >= 0.6 is 12.4 Å². The number of fused-ring (bicyclic) bond motifs is 2. The summed E-state index contributed by atoms with van der Waals surface area (Å²) in [5.41, 5.74) is 1.07. The summed E-state index contributed by atoms with van der Waals surface area (Å²) in [6.45, 7) is 9.41. The summed E-state index contributed by atoms with van der Waals surface area (Å²) in [5, 5.41) is 6.95. The normalized spacial score (nSPS) is 24.0. The average Bonchev–Trinajstić information content (AvgIpc) is 3.00. The molecule has 0 spiro atoms. The molecule has 0 aliphatic carbocycles. The van der Waals surface area contributed by atoms with Crippen LogP contribution in [0.15, 0.2) is 18.2 Å². The molecule has 29 heavy (non-hydrogen) atoms. The number of ether oxygens (including phenoxy) is 2. The van der Waals surface area contributed by atoms with Crippen LogP contribution in [0.2, 0.25) is 0 Å². The fourth-order valence-electron chi connectivity index (χ4n) is 4.73. The minimum atomic E-state index is -0.0270. The topological polar surface area (TPSA) is 59.6 Å². The number of hydrogen-bond donors (Lipinski definition) is 2. The monoisotopic (exact) mass is 424 g/mol. The first kappa shape index (κ1) is 23.8. The highest BCUT2D eigenvalue weighted by Crippen LogP contribution is 2.35. The van der Waals surface area contributed by atoms with Gasteiger partial charge in [-0.3, -0.25) is 4.79 Å². The number of halogens is 1. The maximum atomic E-state index is 12.8. The molecule has 2 aliphatic heterocycles. The van der Waals surface area contributed by atoms with Crippen LogP contribution < -0.4 is 20.1 Å². The first-order valence-electron chi connectivity index (χ1n) is 10.9. The van der Waals surface area contributed by atoms with E-state index in [9.17, 15) is 4.79 Å². The quantitative estimate of drug-likeness (QED) is 0.606. The Hall–Kier alpha value is -1.46. The molecule has 164 valence electrons. The Labute approximate surface area is 181 Å². The van der Waals surface area contributed by atoms with Crippen molar-refractivity contribution in [2.24, 2.45) is 11.8 Å². The smallest absolute Gasteiger partial charge is 0.220 e. The highest BCUT2D eigenvalue weighted by Gasteiger charge is 2.34. The Morgan fingerprint density at radius 3 is 2.31 bits per heavy atom. The Balaban J connectivity index is 0.00000300. The van der Waals surface area contributed by atoms with Crippen molar-refractivity contribution in [1.29, 1.82) is 0 Å². The number of carbonyl (C=O) groups excluding carboxylic acids is 1. The lowest BCUT2D eigenvalue weighted by molar-refractivity contribution is -0.123. The van der Waals surface area contributed by atoms with Gasteiger partial charge in [0.2, 0.25) is 5.91 Å². The molecule has 2 fully saturated rings. The van der Waals surface area contributed by atoms with Crippen LogP contribution in [0.25, 0.3) is 0 Å². The maximum absolute atomic E-state index is 12.8. The lowest BCUT2D eigenvalue weighted by Gasteiger charge is -2.30. The molecule has 0 radical (unpaired) electrons. The largest absolute Gasteiger partial charge is 0.490 e. The van der Waals surface area contributed by atoms with E-state index in [4.69, 9.17) is 9.47 Å². The van der Waals surface area contributed by atoms with Crippen LogP contribution in [0.5, 0.6) is 11.5 Å². The van der Waals surface area contributed by atoms with Crippen molar-refractivity contribution in [2.75, 3.05) is 13.2 Å². The number of piperidine rings is 1. The SMILES string of the molecule is CCOc1ccc(C(NC(=O)CC2CC3CCC(C2)N3)C(C)C)cc1OCC.Cl. The molecule has 0 aromatic heterocycles. The van der Waals surface area contributed by atoms with Gasteiger partial charge in [0, 0.05) is 18.5 Å². The average molecular weight is 425 g/mol. The predicted molar refractivity (Wildman–Crippen MR) is 119 cm³/mol. The Kier molecular flexibility index (Phi) is 9.09. The van der Waals surface area contributed by atoms with E-state index in [0.717, 1.165) is 29.9 Å². The second kappa shape index (κ2) is 11.1. The van der Waals surface area contributed by atoms with Crippen LogP contribution in [-0.4, -0.2) is 31.2 Å². The van der Waals surface area contributed by atoms with Crippen molar-refractivity contribution in [3.8, 4) is 11.5 Å². The van der Waals surface area contributed by atoms with Gasteiger partial charge in [0.05, 0.1) is 19.3 Å². The van der Waals surface area contributed by atoms with Gasteiger partial charge in [-0.1, -0.05) is 19.9 Å². The van der Waals surface area contributed by atoms with Crippen molar-refractivity contribution in [1.82, 2.24) is 10.6 Å². The second-order valence-corrected chi connectivity index (χ2v) is 8.54. The Bertz CT molecular complexity index is 656. The molecule has 2 bridgehead atoms. The van der Waals surface area contributed by atoms with Crippen LogP contribution in [0.3, 0.4) is 0 Å². The number of benzene rings is 1. The molecule has 0 saturated carbocycles. The minimum absolute atomic E-state index is 0. The van der Waals surface area contributed by atoms with Gasteiger partial charge < -0.3 is 20.1 Å². The predicted octanol–water partition coefficient (Wildman–Crippen LogP) is 4.64. The molecule has 5 nitrogen and oxygen atoms in total. The summed E-state index contributed by atoms with van der Waals surface area (Å²) in [5.74, 6) is 2.46. The molecule has 2 aliphatic rings. The summed E-state index contributed by atoms with van der Waals surface area (Å²) in [6, 6.07) is 7.24. The number of nitrogens with one attached hydrogen (secondary N) is 2. The Morgan fingerprint density at radius 2 is 1.72 bits per heavy atom. The van der Waals surface area contributed by atoms with Gasteiger partial charge >= 0.3 is 0 Å². The van der Waals surface area contributed by atoms with E-state index in [1.807, 2.05) is 32.0 Å². The molecule has 2 N–H and O–H groups in total. The van der Waals surface area contributed by atoms with Gasteiger partial charge in [0.15, 0.2) is 11.5 Å². The molecule has 1 amide bonds. The molecular weight excluding hydrogens is 388 g/mol. The van der Waals surface area contributed by atoms with E-state index >= 15 is 0 Å². The first-order chi connectivity index (χ1) is 13.5. The summed E-state index contributed by atoms with van der Waals surface area (Å²) in [7, 11) is 0. The Morgan fingerprint density at radius 1 is 1.10 bits per heavy atom. The molecule has 1 aromatic carbocycles. The molecule has 3 unspecified atom stereocenters. The third-order valence-corrected chi connectivity index (χ3v) is 5.95. The van der Waals surface area contributed by atoms with Gasteiger partial charge in [-0.25, -0.2) is 0 Å². The molecule has 3 rings (SSSR count). The van der Waals surface area contributed by atoms with Gasteiger partial charge in [0.1, 0.15) is 0 Å². The third kappa shape index (κ3) is 6.26. The van der Waals surface area contributed by atoms with Crippen molar-refractivity contribution >= 4 is 18.3 Å². The van der Waals surface area contributed by atoms with Crippen LogP contribution in [0.4, 0.5) is 0 Å². The minimum Gasteiger partial charge on any atom is -0.490 e. The van der Waals surface area contributed by atoms with Crippen molar-refractivity contribution < 1.29 is 14.3 Å². The van der Waals surface area contributed by atoms with E-state index in [0.29, 0.717) is 43.6 Å². The fraction of sp³-hybridized carbons (Fsp3) is 0.696. The zero-order chi connectivity index (χ0) is 20.1. The van der Waals surface area contributed by atoms with Gasteiger partial charge in [0.25, 0.3) is 0 Å². The van der Waals surface area contributed by atoms with Crippen molar-refractivity contribution in [3.63, 3.8) is 0 Å². The highest BCUT2D eigenvalue weighted by atomic mass is 35.5. The lowest BCUT2D eigenvalue weighted by atomic mass is 9.89. The van der Waals surface area contributed by atoms with Gasteiger partial charge in [-0.2, -0.15) is 0 Å². The molecule has 6 heteroatoms. The van der Waals surface area contributed by atoms with Crippen LogP contribution in [0, 0.1) is 11.8 Å². The maximum Gasteiger partial charge on any atom is 0.220 e. The van der Waals surface area contributed by atoms with Gasteiger partial charge in [-0.15, -0.1) is 12.4 Å². The summed E-state index contributed by atoms with van der Waals surface area (Å²) >= 11 is 0. The third-order valence-electron chi connectivity index (χ3n) is 5.95. The fourth-order valence-corrected chi connectivity index (χ4v) is 4.73. The number of amides is 1. The number of hydrogen-bond acceptors (Lipinski definition) is 4. The zero-order valence-electron chi connectivity index (χ0n) is 18.2. The van der Waals surface area contributed by atoms with E-state index in [2.05, 4.69) is 24.5 Å². The highest BCUT2D eigenvalue weighted by molar-refractivity contribution is 5.85.